The van der Waals surface area contributed by atoms with Crippen LogP contribution in [0.15, 0.2) is 254 Å². The summed E-state index contributed by atoms with van der Waals surface area (Å²) < 4.78 is 84.3. The SMILES string of the molecule is CC(C)(C)CC(C)(C)C1=CC(n2c3ccc(-c4ccccc4)cc3c3cc(-c4ccccc4)ccc32)C(O)(OCCCOc2ccc(F)c(F)c2-c2cc(C(C)(C)CC(C)(C)C)cc(-n3c4ccc(-c5ccccc5)cc4c4cc(-c5ccccc5)ccc43)c2O)C(c2cccc(F)c2F)=C1. The van der Waals surface area contributed by atoms with Gasteiger partial charge >= 0.3 is 0 Å². The summed E-state index contributed by atoms with van der Waals surface area (Å²) in [6.07, 6.45) is 5.22. The molecule has 2 N–H and O–H groups in total. The molecule has 1 aliphatic rings. The third-order valence-corrected chi connectivity index (χ3v) is 20.0. The van der Waals surface area contributed by atoms with Gasteiger partial charge in [0.2, 0.25) is 5.79 Å². The molecular weight excluding hydrogens is 1260 g/mol. The van der Waals surface area contributed by atoms with Crippen molar-refractivity contribution in [2.75, 3.05) is 13.2 Å². The number of phenolic OH excluding ortho intramolecular Hbond substituents is 1. The Bertz CT molecular complexity index is 5170. The second kappa shape index (κ2) is 26.4. The number of aromatic nitrogens is 2. The molecule has 2 atom stereocenters. The van der Waals surface area contributed by atoms with Gasteiger partial charge in [-0.1, -0.05) is 233 Å². The monoisotopic (exact) mass is 1340 g/mol. The number of phenols is 1. The molecule has 510 valence electrons. The number of allylic oxidation sites excluding steroid dienone is 2. The minimum Gasteiger partial charge on any atom is -0.505 e. The third kappa shape index (κ3) is 13.1. The minimum atomic E-state index is -2.40. The van der Waals surface area contributed by atoms with Gasteiger partial charge in [-0.15, -0.1) is 0 Å². The maximum atomic E-state index is 17.5. The average molecular weight is 1350 g/mol. The molecule has 101 heavy (non-hydrogen) atoms. The Balaban J connectivity index is 0.883. The molecule has 6 nitrogen and oxygen atoms in total. The number of hydrogen-bond acceptors (Lipinski definition) is 4. The van der Waals surface area contributed by atoms with Gasteiger partial charge in [-0.05, 0) is 175 Å². The Morgan fingerprint density at radius 3 is 1.36 bits per heavy atom. The number of ether oxygens (including phenoxy) is 2. The van der Waals surface area contributed by atoms with E-state index in [4.69, 9.17) is 9.47 Å². The first-order chi connectivity index (χ1) is 48.2. The molecule has 0 spiro atoms. The Kier molecular flexibility index (Phi) is 17.7. The lowest BCUT2D eigenvalue weighted by atomic mass is 9.68. The van der Waals surface area contributed by atoms with Gasteiger partial charge in [0.1, 0.15) is 17.5 Å². The van der Waals surface area contributed by atoms with E-state index in [-0.39, 0.29) is 64.2 Å². The number of aliphatic hydroxyl groups is 1. The number of benzene rings is 11. The zero-order valence-corrected chi connectivity index (χ0v) is 58.9. The van der Waals surface area contributed by atoms with E-state index in [9.17, 15) is 10.2 Å². The maximum Gasteiger partial charge on any atom is 0.218 e. The van der Waals surface area contributed by atoms with Gasteiger partial charge in [0.05, 0.1) is 35.5 Å². The fraction of sp³-hybridized carbons (Fsp3) is 0.231. The number of aromatic hydroxyl groups is 1. The molecule has 0 bridgehead atoms. The van der Waals surface area contributed by atoms with Crippen LogP contribution in [0.1, 0.15) is 106 Å². The van der Waals surface area contributed by atoms with E-state index in [0.29, 0.717) is 18.5 Å². The standard InChI is InChI=1S/C91H84F4N2O4/c1-87(2,3)55-89(7,8)65-51-72(86(98)80(53-65)96-76-40-35-61(57-25-15-11-16-26-57)47-68(76)69-48-62(36-41-77(69)96)58-27-17-12-18-28-58)83-81(44-39-75(93)85(83)95)100-45-24-46-101-91(99)73(67-33-23-34-74(92)84(67)94)52-66(90(9,10)56-88(4,5)6)54-82(91)97-78-42-37-63(59-29-19-13-20-30-59)49-70(78)71-50-64(38-43-79(71)97)60-31-21-14-22-32-60/h11-23,25-44,47-54,82,98-99H,24,45-46,55-56H2,1-10H3. The molecule has 0 radical (unpaired) electrons. The maximum absolute atomic E-state index is 17.5. The van der Waals surface area contributed by atoms with Gasteiger partial charge in [-0.2, -0.15) is 0 Å². The van der Waals surface area contributed by atoms with E-state index in [1.807, 2.05) is 89.5 Å². The summed E-state index contributed by atoms with van der Waals surface area (Å²) in [5, 5.41) is 31.0. The Morgan fingerprint density at radius 2 is 0.881 bits per heavy atom. The number of nitrogens with zero attached hydrogens (tertiary/aromatic N) is 2. The molecule has 11 aromatic carbocycles. The predicted octanol–water partition coefficient (Wildman–Crippen LogP) is 24.4. The number of rotatable bonds is 18. The first kappa shape index (κ1) is 67.9. The predicted molar refractivity (Wildman–Crippen MR) is 406 cm³/mol. The molecule has 2 unspecified atom stereocenters. The quantitative estimate of drug-likeness (QED) is 0.0510. The van der Waals surface area contributed by atoms with E-state index < -0.39 is 45.9 Å². The van der Waals surface area contributed by atoms with Gasteiger partial charge in [-0.3, -0.25) is 0 Å². The van der Waals surface area contributed by atoms with Gasteiger partial charge in [0, 0.05) is 55.7 Å². The van der Waals surface area contributed by atoms with Crippen LogP contribution in [0.25, 0.3) is 111 Å². The Hall–Kier alpha value is -10.3. The minimum absolute atomic E-state index is 0.0247. The second-order valence-corrected chi connectivity index (χ2v) is 30.9. The van der Waals surface area contributed by atoms with Crippen LogP contribution in [0.5, 0.6) is 11.5 Å². The van der Waals surface area contributed by atoms with Crippen molar-refractivity contribution in [3.05, 3.63) is 289 Å². The van der Waals surface area contributed by atoms with Crippen molar-refractivity contribution in [3.8, 4) is 72.8 Å². The summed E-state index contributed by atoms with van der Waals surface area (Å²) in [6.45, 7) is 21.1. The van der Waals surface area contributed by atoms with Crippen molar-refractivity contribution < 1.29 is 37.2 Å². The number of fused-ring (bicyclic) bond motifs is 6. The third-order valence-electron chi connectivity index (χ3n) is 20.0. The Labute approximate surface area is 589 Å². The lowest BCUT2D eigenvalue weighted by Gasteiger charge is -2.44. The fourth-order valence-corrected chi connectivity index (χ4v) is 16.0. The van der Waals surface area contributed by atoms with Crippen LogP contribution in [0.2, 0.25) is 0 Å². The topological polar surface area (TPSA) is 68.8 Å². The van der Waals surface area contributed by atoms with Crippen molar-refractivity contribution in [2.45, 2.75) is 106 Å². The van der Waals surface area contributed by atoms with Gasteiger partial charge in [0.15, 0.2) is 23.3 Å². The molecule has 14 rings (SSSR count). The molecule has 1 aliphatic carbocycles. The zero-order valence-electron chi connectivity index (χ0n) is 58.9. The van der Waals surface area contributed by atoms with Crippen molar-refractivity contribution in [1.29, 1.82) is 0 Å². The first-order valence-electron chi connectivity index (χ1n) is 34.9. The van der Waals surface area contributed by atoms with Crippen LogP contribution in [-0.2, 0) is 10.2 Å². The van der Waals surface area contributed by atoms with Crippen LogP contribution >= 0.6 is 0 Å². The Morgan fingerprint density at radius 1 is 0.436 bits per heavy atom. The summed E-state index contributed by atoms with van der Waals surface area (Å²) in [5.41, 5.74) is 11.3. The summed E-state index contributed by atoms with van der Waals surface area (Å²) in [7, 11) is 0. The summed E-state index contributed by atoms with van der Waals surface area (Å²) >= 11 is 0. The van der Waals surface area contributed by atoms with E-state index >= 15 is 17.6 Å². The molecule has 0 saturated heterocycles. The zero-order chi connectivity index (χ0) is 70.9. The molecule has 2 heterocycles. The average Bonchev–Trinajstić information content (AvgIpc) is 1.66. The highest BCUT2D eigenvalue weighted by Gasteiger charge is 2.49. The molecule has 10 heteroatoms. The van der Waals surface area contributed by atoms with Gasteiger partial charge in [0.25, 0.3) is 0 Å². The van der Waals surface area contributed by atoms with E-state index in [1.54, 1.807) is 12.1 Å². The van der Waals surface area contributed by atoms with Crippen molar-refractivity contribution in [3.63, 3.8) is 0 Å². The molecular formula is C91H84F4N2O4. The molecule has 0 saturated carbocycles. The van der Waals surface area contributed by atoms with Crippen LogP contribution in [0.3, 0.4) is 0 Å². The summed E-state index contributed by atoms with van der Waals surface area (Å²) in [5.74, 6) is -7.32. The van der Waals surface area contributed by atoms with E-state index in [0.717, 1.165) is 111 Å². The number of halogens is 4. The van der Waals surface area contributed by atoms with E-state index in [1.165, 1.54) is 18.2 Å². The van der Waals surface area contributed by atoms with Crippen LogP contribution in [-0.4, -0.2) is 38.3 Å². The lowest BCUT2D eigenvalue weighted by molar-refractivity contribution is -0.179. The van der Waals surface area contributed by atoms with Crippen molar-refractivity contribution in [2.24, 2.45) is 16.2 Å². The smallest absolute Gasteiger partial charge is 0.218 e. The van der Waals surface area contributed by atoms with E-state index in [2.05, 4.69) is 195 Å². The molecule has 13 aromatic rings. The number of hydrogen-bond donors (Lipinski definition) is 2. The molecule has 0 aliphatic heterocycles. The van der Waals surface area contributed by atoms with Gasteiger partial charge in [-0.25, -0.2) is 17.6 Å². The van der Waals surface area contributed by atoms with Crippen LogP contribution in [0, 0.1) is 39.5 Å². The largest absolute Gasteiger partial charge is 0.505 e. The highest BCUT2D eigenvalue weighted by atomic mass is 19.2. The molecule has 0 amide bonds. The van der Waals surface area contributed by atoms with Crippen LogP contribution in [0.4, 0.5) is 17.6 Å². The van der Waals surface area contributed by atoms with Gasteiger partial charge < -0.3 is 28.8 Å². The van der Waals surface area contributed by atoms with Crippen molar-refractivity contribution >= 4 is 49.2 Å². The highest BCUT2D eigenvalue weighted by Crippen LogP contribution is 2.54. The summed E-state index contributed by atoms with van der Waals surface area (Å²) in [4.78, 5) is 0. The lowest BCUT2D eigenvalue weighted by Crippen LogP contribution is -2.45. The second-order valence-electron chi connectivity index (χ2n) is 30.9. The fourth-order valence-electron chi connectivity index (χ4n) is 16.0. The molecule has 2 aromatic heterocycles. The normalized spacial score (nSPS) is 15.4. The first-order valence-corrected chi connectivity index (χ1v) is 34.9. The molecule has 0 fully saturated rings. The van der Waals surface area contributed by atoms with Crippen LogP contribution < -0.4 is 4.74 Å². The van der Waals surface area contributed by atoms with Crippen molar-refractivity contribution in [1.82, 2.24) is 9.13 Å². The summed E-state index contributed by atoms with van der Waals surface area (Å²) in [6, 6.07) is 74.7. The highest BCUT2D eigenvalue weighted by molar-refractivity contribution is 6.13.